The molecule has 0 fully saturated rings. The molecular formula is C11H19N3O2. The molecule has 1 heterocycles. The minimum atomic E-state index is 0.0341. The average molecular weight is 225 g/mol. The lowest BCUT2D eigenvalue weighted by molar-refractivity contribution is -0.121. The van der Waals surface area contributed by atoms with Crippen LogP contribution in [0.2, 0.25) is 0 Å². The molecule has 1 atom stereocenters. The van der Waals surface area contributed by atoms with Gasteiger partial charge in [0, 0.05) is 25.6 Å². The van der Waals surface area contributed by atoms with Crippen LogP contribution >= 0.6 is 0 Å². The van der Waals surface area contributed by atoms with Crippen molar-refractivity contribution in [2.24, 2.45) is 0 Å². The number of aromatic nitrogens is 1. The van der Waals surface area contributed by atoms with E-state index in [9.17, 15) is 4.79 Å². The van der Waals surface area contributed by atoms with E-state index >= 15 is 0 Å². The molecule has 5 nitrogen and oxygen atoms in total. The Labute approximate surface area is 95.6 Å². The van der Waals surface area contributed by atoms with Crippen molar-refractivity contribution in [2.45, 2.75) is 39.3 Å². The van der Waals surface area contributed by atoms with Crippen LogP contribution in [0.25, 0.3) is 0 Å². The van der Waals surface area contributed by atoms with Gasteiger partial charge in [0.05, 0.1) is 12.2 Å². The lowest BCUT2D eigenvalue weighted by Gasteiger charge is -2.10. The highest BCUT2D eigenvalue weighted by Gasteiger charge is 2.08. The molecule has 1 aromatic rings. The molecule has 0 bridgehead atoms. The first-order valence-corrected chi connectivity index (χ1v) is 5.54. The van der Waals surface area contributed by atoms with Crippen molar-refractivity contribution in [3.63, 3.8) is 0 Å². The predicted octanol–water partition coefficient (Wildman–Crippen LogP) is 0.851. The number of nitrogens with one attached hydrogen (secondary N) is 2. The molecule has 1 rings (SSSR count). The summed E-state index contributed by atoms with van der Waals surface area (Å²) in [6, 6.07) is 2.05. The van der Waals surface area contributed by atoms with Crippen molar-refractivity contribution in [1.82, 2.24) is 15.8 Å². The second-order valence-electron chi connectivity index (χ2n) is 3.80. The summed E-state index contributed by atoms with van der Waals surface area (Å²) in [5.74, 6) is 0.840. The van der Waals surface area contributed by atoms with Crippen molar-refractivity contribution in [3.05, 3.63) is 17.5 Å². The molecule has 5 heteroatoms. The molecule has 0 aliphatic carbocycles. The number of carbonyl (C=O) groups excluding carboxylic acids is 1. The minimum absolute atomic E-state index is 0.0341. The minimum Gasteiger partial charge on any atom is -0.360 e. The van der Waals surface area contributed by atoms with E-state index in [-0.39, 0.29) is 11.9 Å². The number of nitrogens with zero attached hydrogens (tertiary/aromatic N) is 1. The van der Waals surface area contributed by atoms with E-state index in [1.54, 1.807) is 7.05 Å². The third-order valence-electron chi connectivity index (χ3n) is 2.37. The van der Waals surface area contributed by atoms with Gasteiger partial charge in [-0.15, -0.1) is 0 Å². The van der Waals surface area contributed by atoms with Gasteiger partial charge in [0.15, 0.2) is 5.76 Å². The third kappa shape index (κ3) is 4.02. The summed E-state index contributed by atoms with van der Waals surface area (Å²) < 4.78 is 5.12. The van der Waals surface area contributed by atoms with Crippen molar-refractivity contribution in [1.29, 1.82) is 0 Å². The summed E-state index contributed by atoms with van der Waals surface area (Å²) in [6.45, 7) is 4.60. The molecule has 0 aliphatic heterocycles. The molecule has 2 N–H and O–H groups in total. The molecule has 90 valence electrons. The Morgan fingerprint density at radius 1 is 1.62 bits per heavy atom. The van der Waals surface area contributed by atoms with E-state index in [2.05, 4.69) is 15.8 Å². The second-order valence-corrected chi connectivity index (χ2v) is 3.80. The molecule has 1 aromatic heterocycles. The fraction of sp³-hybridized carbons (Fsp3) is 0.636. The molecule has 0 aromatic carbocycles. The van der Waals surface area contributed by atoms with Crippen LogP contribution in [-0.2, 0) is 17.8 Å². The summed E-state index contributed by atoms with van der Waals surface area (Å²) in [6.07, 6.45) is 1.34. The number of hydrogen-bond donors (Lipinski definition) is 2. The van der Waals surface area contributed by atoms with Gasteiger partial charge in [-0.3, -0.25) is 4.79 Å². The Hall–Kier alpha value is -1.36. The van der Waals surface area contributed by atoms with Crippen LogP contribution in [0.15, 0.2) is 10.6 Å². The van der Waals surface area contributed by atoms with Gasteiger partial charge in [-0.2, -0.15) is 0 Å². The molecule has 0 aliphatic rings. The summed E-state index contributed by atoms with van der Waals surface area (Å²) in [7, 11) is 1.64. The summed E-state index contributed by atoms with van der Waals surface area (Å²) in [5.41, 5.74) is 0.954. The number of carbonyl (C=O) groups is 1. The first-order chi connectivity index (χ1) is 7.65. The normalized spacial score (nSPS) is 12.4. The standard InChI is InChI=1S/C11H19N3O2/c1-4-9-6-10(16-14-9)7-13-8(2)5-11(15)12-3/h6,8,13H,4-5,7H2,1-3H3,(H,12,15). The van der Waals surface area contributed by atoms with Crippen LogP contribution in [0.5, 0.6) is 0 Å². The molecule has 1 unspecified atom stereocenters. The largest absolute Gasteiger partial charge is 0.360 e. The first-order valence-electron chi connectivity index (χ1n) is 5.54. The van der Waals surface area contributed by atoms with Crippen LogP contribution in [0.1, 0.15) is 31.7 Å². The van der Waals surface area contributed by atoms with E-state index in [1.165, 1.54) is 0 Å². The van der Waals surface area contributed by atoms with Crippen LogP contribution in [0.4, 0.5) is 0 Å². The highest BCUT2D eigenvalue weighted by Crippen LogP contribution is 2.04. The van der Waals surface area contributed by atoms with Gasteiger partial charge in [0.2, 0.25) is 5.91 Å². The lowest BCUT2D eigenvalue weighted by atomic mass is 10.2. The predicted molar refractivity (Wildman–Crippen MR) is 60.9 cm³/mol. The van der Waals surface area contributed by atoms with Crippen molar-refractivity contribution in [3.8, 4) is 0 Å². The van der Waals surface area contributed by atoms with E-state index in [0.717, 1.165) is 17.9 Å². The smallest absolute Gasteiger partial charge is 0.221 e. The third-order valence-corrected chi connectivity index (χ3v) is 2.37. The number of amides is 1. The van der Waals surface area contributed by atoms with Crippen LogP contribution in [0, 0.1) is 0 Å². The Balaban J connectivity index is 2.31. The maximum atomic E-state index is 11.1. The van der Waals surface area contributed by atoms with Gasteiger partial charge in [0.1, 0.15) is 0 Å². The highest BCUT2D eigenvalue weighted by atomic mass is 16.5. The van der Waals surface area contributed by atoms with Crippen molar-refractivity contribution >= 4 is 5.91 Å². The summed E-state index contributed by atoms with van der Waals surface area (Å²) in [5, 5.41) is 9.69. The Kier molecular flexibility index (Phi) is 4.98. The second kappa shape index (κ2) is 6.27. The zero-order valence-corrected chi connectivity index (χ0v) is 10.0. The molecule has 0 saturated carbocycles. The van der Waals surface area contributed by atoms with Crippen molar-refractivity contribution in [2.75, 3.05) is 7.05 Å². The number of hydrogen-bond acceptors (Lipinski definition) is 4. The van der Waals surface area contributed by atoms with Crippen LogP contribution in [-0.4, -0.2) is 24.2 Å². The Morgan fingerprint density at radius 2 is 2.38 bits per heavy atom. The van der Waals surface area contributed by atoms with Gasteiger partial charge < -0.3 is 15.2 Å². The van der Waals surface area contributed by atoms with Crippen molar-refractivity contribution < 1.29 is 9.32 Å². The van der Waals surface area contributed by atoms with E-state index in [1.807, 2.05) is 19.9 Å². The van der Waals surface area contributed by atoms with E-state index in [0.29, 0.717) is 13.0 Å². The highest BCUT2D eigenvalue weighted by molar-refractivity contribution is 5.76. The van der Waals surface area contributed by atoms with Gasteiger partial charge in [-0.1, -0.05) is 12.1 Å². The number of rotatable bonds is 6. The summed E-state index contributed by atoms with van der Waals surface area (Å²) >= 11 is 0. The molecule has 1 amide bonds. The van der Waals surface area contributed by atoms with E-state index < -0.39 is 0 Å². The first kappa shape index (κ1) is 12.7. The Bertz CT molecular complexity index is 336. The zero-order chi connectivity index (χ0) is 12.0. The fourth-order valence-electron chi connectivity index (χ4n) is 1.33. The average Bonchev–Trinajstić information content (AvgIpc) is 2.74. The zero-order valence-electron chi connectivity index (χ0n) is 10.0. The monoisotopic (exact) mass is 225 g/mol. The van der Waals surface area contributed by atoms with Gasteiger partial charge >= 0.3 is 0 Å². The molecular weight excluding hydrogens is 206 g/mol. The SMILES string of the molecule is CCc1cc(CNC(C)CC(=O)NC)on1. The fourth-order valence-corrected chi connectivity index (χ4v) is 1.33. The topological polar surface area (TPSA) is 67.2 Å². The Morgan fingerprint density at radius 3 is 2.94 bits per heavy atom. The van der Waals surface area contributed by atoms with E-state index in [4.69, 9.17) is 4.52 Å². The maximum Gasteiger partial charge on any atom is 0.221 e. The maximum absolute atomic E-state index is 11.1. The quantitative estimate of drug-likeness (QED) is 0.753. The van der Waals surface area contributed by atoms with Gasteiger partial charge in [-0.25, -0.2) is 0 Å². The lowest BCUT2D eigenvalue weighted by Crippen LogP contribution is -2.31. The molecule has 16 heavy (non-hydrogen) atoms. The van der Waals surface area contributed by atoms with Crippen LogP contribution < -0.4 is 10.6 Å². The van der Waals surface area contributed by atoms with Gasteiger partial charge in [-0.05, 0) is 13.3 Å². The summed E-state index contributed by atoms with van der Waals surface area (Å²) in [4.78, 5) is 11.1. The van der Waals surface area contributed by atoms with Crippen LogP contribution in [0.3, 0.4) is 0 Å². The van der Waals surface area contributed by atoms with Gasteiger partial charge in [0.25, 0.3) is 0 Å². The molecule has 0 spiro atoms. The molecule has 0 radical (unpaired) electrons. The molecule has 0 saturated heterocycles. The number of aryl methyl sites for hydroxylation is 1.